The number of amides is 4. The lowest BCUT2D eigenvalue weighted by Gasteiger charge is -2.28. The molecule has 2 aliphatic heterocycles. The van der Waals surface area contributed by atoms with Crippen LogP contribution in [0.15, 0.2) is 66.7 Å². The van der Waals surface area contributed by atoms with E-state index < -0.39 is 18.1 Å². The van der Waals surface area contributed by atoms with E-state index in [1.807, 2.05) is 61.5 Å². The van der Waals surface area contributed by atoms with Crippen molar-refractivity contribution >= 4 is 34.3 Å². The molecule has 5 rings (SSSR count). The molecule has 3 aromatic carbocycles. The summed E-state index contributed by atoms with van der Waals surface area (Å²) >= 11 is 0. The number of anilines is 1. The van der Waals surface area contributed by atoms with Gasteiger partial charge in [0, 0.05) is 17.5 Å². The number of urea groups is 1. The van der Waals surface area contributed by atoms with E-state index in [0.717, 1.165) is 16.3 Å². The number of imide groups is 1. The average Bonchev–Trinajstić information content (AvgIpc) is 3.27. The lowest BCUT2D eigenvalue weighted by atomic mass is 9.88. The standard InChI is InChI=1S/C27H27N3O3/c1-17-8-6-11-19(14-17)24(31)29-16-27(2,3)15-22(29)23-25(32)30(26(33)28-23)21-13-7-10-18-9-4-5-12-20(18)21/h4-14,22-23H,15-16H2,1-3H3,(H,28,33)/t22?,23-/m0/s1. The van der Waals surface area contributed by atoms with Gasteiger partial charge in [-0.1, -0.05) is 67.9 Å². The van der Waals surface area contributed by atoms with E-state index in [2.05, 4.69) is 19.2 Å². The van der Waals surface area contributed by atoms with Gasteiger partial charge in [0.15, 0.2) is 0 Å². The predicted octanol–water partition coefficient (Wildman–Crippen LogP) is 4.51. The van der Waals surface area contributed by atoms with E-state index in [9.17, 15) is 14.4 Å². The van der Waals surface area contributed by atoms with Gasteiger partial charge in [0.25, 0.3) is 11.8 Å². The number of fused-ring (bicyclic) bond motifs is 1. The molecule has 1 unspecified atom stereocenters. The summed E-state index contributed by atoms with van der Waals surface area (Å²) in [4.78, 5) is 43.1. The summed E-state index contributed by atoms with van der Waals surface area (Å²) in [7, 11) is 0. The van der Waals surface area contributed by atoms with E-state index in [4.69, 9.17) is 0 Å². The van der Waals surface area contributed by atoms with Crippen molar-refractivity contribution in [1.29, 1.82) is 0 Å². The topological polar surface area (TPSA) is 69.7 Å². The summed E-state index contributed by atoms with van der Waals surface area (Å²) in [6.45, 7) is 6.66. The number of nitrogens with zero attached hydrogens (tertiary/aromatic N) is 2. The zero-order valence-electron chi connectivity index (χ0n) is 19.0. The molecule has 6 heteroatoms. The molecule has 0 radical (unpaired) electrons. The van der Waals surface area contributed by atoms with Crippen molar-refractivity contribution in [3.63, 3.8) is 0 Å². The lowest BCUT2D eigenvalue weighted by molar-refractivity contribution is -0.119. The normalized spacial score (nSPS) is 22.2. The molecule has 0 saturated carbocycles. The summed E-state index contributed by atoms with van der Waals surface area (Å²) in [6, 6.07) is 19.1. The number of carbonyl (C=O) groups is 3. The van der Waals surface area contributed by atoms with Gasteiger partial charge in [0.1, 0.15) is 6.04 Å². The Hall–Kier alpha value is -3.67. The van der Waals surface area contributed by atoms with E-state index in [1.165, 1.54) is 4.90 Å². The first-order valence-corrected chi connectivity index (χ1v) is 11.2. The predicted molar refractivity (Wildman–Crippen MR) is 128 cm³/mol. The van der Waals surface area contributed by atoms with Crippen LogP contribution in [0.4, 0.5) is 10.5 Å². The molecule has 3 aromatic rings. The smallest absolute Gasteiger partial charge is 0.329 e. The highest BCUT2D eigenvalue weighted by atomic mass is 16.2. The molecule has 2 fully saturated rings. The van der Waals surface area contributed by atoms with Crippen molar-refractivity contribution in [2.45, 2.75) is 39.3 Å². The highest BCUT2D eigenvalue weighted by molar-refractivity contribution is 6.24. The van der Waals surface area contributed by atoms with Crippen LogP contribution in [-0.2, 0) is 4.79 Å². The zero-order valence-corrected chi connectivity index (χ0v) is 19.0. The number of nitrogens with one attached hydrogen (secondary N) is 1. The molecule has 0 spiro atoms. The van der Waals surface area contributed by atoms with Gasteiger partial charge in [-0.15, -0.1) is 0 Å². The van der Waals surface area contributed by atoms with Crippen LogP contribution in [0.1, 0.15) is 36.2 Å². The van der Waals surface area contributed by atoms with Gasteiger partial charge in [-0.05, 0) is 42.3 Å². The highest BCUT2D eigenvalue weighted by Crippen LogP contribution is 2.39. The maximum atomic E-state index is 13.6. The molecule has 168 valence electrons. The van der Waals surface area contributed by atoms with E-state index in [-0.39, 0.29) is 17.2 Å². The zero-order chi connectivity index (χ0) is 23.3. The molecule has 33 heavy (non-hydrogen) atoms. The van der Waals surface area contributed by atoms with Crippen LogP contribution < -0.4 is 10.2 Å². The minimum atomic E-state index is -0.785. The third-order valence-corrected chi connectivity index (χ3v) is 6.65. The van der Waals surface area contributed by atoms with Crippen LogP contribution >= 0.6 is 0 Å². The first-order chi connectivity index (χ1) is 15.7. The maximum absolute atomic E-state index is 13.6. The van der Waals surface area contributed by atoms with Crippen LogP contribution in [0, 0.1) is 12.3 Å². The van der Waals surface area contributed by atoms with Gasteiger partial charge < -0.3 is 10.2 Å². The molecule has 1 N–H and O–H groups in total. The van der Waals surface area contributed by atoms with Crippen LogP contribution in [0.5, 0.6) is 0 Å². The van der Waals surface area contributed by atoms with Gasteiger partial charge in [-0.25, -0.2) is 9.69 Å². The summed E-state index contributed by atoms with van der Waals surface area (Å²) in [5.74, 6) is -0.430. The Balaban J connectivity index is 1.49. The number of benzene rings is 3. The van der Waals surface area contributed by atoms with Gasteiger partial charge >= 0.3 is 6.03 Å². The van der Waals surface area contributed by atoms with Gasteiger partial charge in [-0.2, -0.15) is 0 Å². The fourth-order valence-corrected chi connectivity index (χ4v) is 5.17. The molecule has 2 aliphatic rings. The van der Waals surface area contributed by atoms with E-state index in [0.29, 0.717) is 24.2 Å². The first-order valence-electron chi connectivity index (χ1n) is 11.2. The quantitative estimate of drug-likeness (QED) is 0.608. The second kappa shape index (κ2) is 7.73. The number of aryl methyl sites for hydroxylation is 1. The van der Waals surface area contributed by atoms with E-state index >= 15 is 0 Å². The second-order valence-electron chi connectivity index (χ2n) is 9.84. The summed E-state index contributed by atoms with van der Waals surface area (Å²) < 4.78 is 0. The number of carbonyl (C=O) groups excluding carboxylic acids is 3. The fourth-order valence-electron chi connectivity index (χ4n) is 5.17. The van der Waals surface area contributed by atoms with Crippen LogP contribution in [0.25, 0.3) is 10.8 Å². The molecular formula is C27H27N3O3. The van der Waals surface area contributed by atoms with E-state index in [1.54, 1.807) is 17.0 Å². The van der Waals surface area contributed by atoms with Crippen molar-refractivity contribution < 1.29 is 14.4 Å². The molecule has 0 aliphatic carbocycles. The Morgan fingerprint density at radius 1 is 1.00 bits per heavy atom. The number of likely N-dealkylation sites (tertiary alicyclic amines) is 1. The molecule has 6 nitrogen and oxygen atoms in total. The van der Waals surface area contributed by atoms with Crippen molar-refractivity contribution in [2.24, 2.45) is 5.41 Å². The monoisotopic (exact) mass is 441 g/mol. The third kappa shape index (κ3) is 3.65. The SMILES string of the molecule is Cc1cccc(C(=O)N2CC(C)(C)CC2[C@@H]2NC(=O)N(c3cccc4ccccc34)C2=O)c1. The molecule has 2 saturated heterocycles. The van der Waals surface area contributed by atoms with Crippen molar-refractivity contribution in [2.75, 3.05) is 11.4 Å². The molecule has 2 atom stereocenters. The average molecular weight is 442 g/mol. The van der Waals surface area contributed by atoms with Gasteiger partial charge in [0.05, 0.1) is 11.7 Å². The largest absolute Gasteiger partial charge is 0.332 e. The first kappa shape index (κ1) is 21.2. The number of hydrogen-bond donors (Lipinski definition) is 1. The van der Waals surface area contributed by atoms with Gasteiger partial charge in [0.2, 0.25) is 0 Å². The lowest BCUT2D eigenvalue weighted by Crippen LogP contribution is -2.50. The van der Waals surface area contributed by atoms with Gasteiger partial charge in [-0.3, -0.25) is 9.59 Å². The highest BCUT2D eigenvalue weighted by Gasteiger charge is 2.51. The minimum Gasteiger partial charge on any atom is -0.332 e. The Labute approximate surface area is 193 Å². The summed E-state index contributed by atoms with van der Waals surface area (Å²) in [5, 5.41) is 4.68. The maximum Gasteiger partial charge on any atom is 0.329 e. The Morgan fingerprint density at radius 2 is 1.73 bits per heavy atom. The molecule has 0 bridgehead atoms. The summed E-state index contributed by atoms with van der Waals surface area (Å²) in [5.41, 5.74) is 2.00. The Kier molecular flexibility index (Phi) is 4.96. The molecule has 4 amide bonds. The van der Waals surface area contributed by atoms with Crippen molar-refractivity contribution in [3.8, 4) is 0 Å². The third-order valence-electron chi connectivity index (χ3n) is 6.65. The van der Waals surface area contributed by atoms with Crippen LogP contribution in [-0.4, -0.2) is 41.4 Å². The molecular weight excluding hydrogens is 414 g/mol. The number of hydrogen-bond acceptors (Lipinski definition) is 3. The van der Waals surface area contributed by atoms with Crippen molar-refractivity contribution in [3.05, 3.63) is 77.9 Å². The fraction of sp³-hybridized carbons (Fsp3) is 0.296. The second-order valence-corrected chi connectivity index (χ2v) is 9.84. The van der Waals surface area contributed by atoms with Crippen LogP contribution in [0.3, 0.4) is 0 Å². The Bertz CT molecular complexity index is 1280. The Morgan fingerprint density at radius 3 is 2.52 bits per heavy atom. The molecule has 2 heterocycles. The van der Waals surface area contributed by atoms with Crippen molar-refractivity contribution in [1.82, 2.24) is 10.2 Å². The molecule has 0 aromatic heterocycles. The van der Waals surface area contributed by atoms with Crippen LogP contribution in [0.2, 0.25) is 0 Å². The minimum absolute atomic E-state index is 0.111. The number of rotatable bonds is 3. The summed E-state index contributed by atoms with van der Waals surface area (Å²) in [6.07, 6.45) is 0.630.